The average Bonchev–Trinajstić information content (AvgIpc) is 2.41. The molecule has 3 nitrogen and oxygen atoms in total. The van der Waals surface area contributed by atoms with Crippen molar-refractivity contribution in [1.82, 2.24) is 4.90 Å². The van der Waals surface area contributed by atoms with E-state index >= 15 is 0 Å². The van der Waals surface area contributed by atoms with E-state index in [0.29, 0.717) is 6.54 Å². The smallest absolute Gasteiger partial charge is 0.406 e. The van der Waals surface area contributed by atoms with Gasteiger partial charge in [0, 0.05) is 12.6 Å². The molecule has 20 heavy (non-hydrogen) atoms. The van der Waals surface area contributed by atoms with Crippen LogP contribution in [0.2, 0.25) is 0 Å². The summed E-state index contributed by atoms with van der Waals surface area (Å²) in [6, 6.07) is 6.07. The summed E-state index contributed by atoms with van der Waals surface area (Å²) in [5.74, 6) is -0.198. The van der Waals surface area contributed by atoms with Crippen LogP contribution < -0.4 is 10.5 Å². The highest BCUT2D eigenvalue weighted by Gasteiger charge is 2.31. The number of alkyl halides is 3. The quantitative estimate of drug-likeness (QED) is 0.925. The minimum absolute atomic E-state index is 0.0650. The maximum atomic E-state index is 12.1. The predicted octanol–water partition coefficient (Wildman–Crippen LogP) is 3.07. The Morgan fingerprint density at radius 2 is 1.70 bits per heavy atom. The van der Waals surface area contributed by atoms with E-state index in [1.54, 1.807) is 12.1 Å². The van der Waals surface area contributed by atoms with Crippen molar-refractivity contribution in [3.8, 4) is 5.75 Å². The topological polar surface area (TPSA) is 38.5 Å². The first-order valence-electron chi connectivity index (χ1n) is 6.79. The zero-order valence-corrected chi connectivity index (χ0v) is 11.2. The number of benzene rings is 1. The molecule has 0 amide bonds. The molecule has 1 atom stereocenters. The second-order valence-corrected chi connectivity index (χ2v) is 4.96. The molecule has 0 aromatic heterocycles. The molecule has 0 bridgehead atoms. The maximum Gasteiger partial charge on any atom is 0.573 e. The average molecular weight is 288 g/mol. The first-order chi connectivity index (χ1) is 9.49. The maximum absolute atomic E-state index is 12.1. The van der Waals surface area contributed by atoms with Gasteiger partial charge in [-0.15, -0.1) is 13.2 Å². The lowest BCUT2D eigenvalue weighted by Crippen LogP contribution is -2.37. The number of piperidine rings is 1. The normalized spacial score (nSPS) is 18.8. The number of hydrogen-bond donors (Lipinski definition) is 1. The van der Waals surface area contributed by atoms with Crippen LogP contribution in [-0.2, 0) is 0 Å². The molecule has 1 aliphatic heterocycles. The van der Waals surface area contributed by atoms with E-state index in [0.717, 1.165) is 31.5 Å². The standard InChI is InChI=1S/C14H19F3N2O/c15-14(16,17)20-12-6-4-11(5-7-12)13(10-18)19-8-2-1-3-9-19/h4-7,13H,1-3,8-10,18H2/t13-/m0/s1. The van der Waals surface area contributed by atoms with E-state index in [1.165, 1.54) is 18.6 Å². The number of halogens is 3. The van der Waals surface area contributed by atoms with Crippen molar-refractivity contribution in [1.29, 1.82) is 0 Å². The van der Waals surface area contributed by atoms with Crippen LogP contribution in [0.25, 0.3) is 0 Å². The van der Waals surface area contributed by atoms with E-state index in [4.69, 9.17) is 5.73 Å². The Morgan fingerprint density at radius 1 is 1.10 bits per heavy atom. The molecule has 1 aromatic rings. The van der Waals surface area contributed by atoms with Gasteiger partial charge < -0.3 is 10.5 Å². The fourth-order valence-electron chi connectivity index (χ4n) is 2.62. The third kappa shape index (κ3) is 4.11. The summed E-state index contributed by atoms with van der Waals surface area (Å²) in [6.45, 7) is 2.44. The Balaban J connectivity index is 2.06. The number of nitrogens with two attached hydrogens (primary N) is 1. The summed E-state index contributed by atoms with van der Waals surface area (Å²) < 4.78 is 40.2. The first kappa shape index (κ1) is 15.1. The van der Waals surface area contributed by atoms with Crippen LogP contribution in [0, 0.1) is 0 Å². The van der Waals surface area contributed by atoms with Crippen LogP contribution in [0.3, 0.4) is 0 Å². The Labute approximate surface area is 116 Å². The van der Waals surface area contributed by atoms with Crippen molar-refractivity contribution in [3.05, 3.63) is 29.8 Å². The SMILES string of the molecule is NC[C@@H](c1ccc(OC(F)(F)F)cc1)N1CCCCC1. The van der Waals surface area contributed by atoms with E-state index < -0.39 is 6.36 Å². The molecular weight excluding hydrogens is 269 g/mol. The molecular formula is C14H19F3N2O. The van der Waals surface area contributed by atoms with Gasteiger partial charge in [0.1, 0.15) is 5.75 Å². The van der Waals surface area contributed by atoms with Crippen molar-refractivity contribution in [2.45, 2.75) is 31.7 Å². The molecule has 1 fully saturated rings. The van der Waals surface area contributed by atoms with Crippen LogP contribution in [-0.4, -0.2) is 30.9 Å². The molecule has 0 saturated carbocycles. The molecule has 1 heterocycles. The van der Waals surface area contributed by atoms with Crippen LogP contribution >= 0.6 is 0 Å². The van der Waals surface area contributed by atoms with Gasteiger partial charge in [0.05, 0.1) is 0 Å². The van der Waals surface area contributed by atoms with Crippen LogP contribution in [0.15, 0.2) is 24.3 Å². The lowest BCUT2D eigenvalue weighted by molar-refractivity contribution is -0.274. The molecule has 0 unspecified atom stereocenters. The lowest BCUT2D eigenvalue weighted by Gasteiger charge is -2.34. The molecule has 0 aliphatic carbocycles. The highest BCUT2D eigenvalue weighted by Crippen LogP contribution is 2.27. The Bertz CT molecular complexity index is 413. The van der Waals surface area contributed by atoms with Crippen molar-refractivity contribution in [3.63, 3.8) is 0 Å². The number of nitrogens with zero attached hydrogens (tertiary/aromatic N) is 1. The second-order valence-electron chi connectivity index (χ2n) is 4.96. The zero-order valence-electron chi connectivity index (χ0n) is 11.2. The van der Waals surface area contributed by atoms with Gasteiger partial charge in [0.2, 0.25) is 0 Å². The van der Waals surface area contributed by atoms with Gasteiger partial charge in [-0.2, -0.15) is 0 Å². The van der Waals surface area contributed by atoms with Crippen molar-refractivity contribution < 1.29 is 17.9 Å². The molecule has 112 valence electrons. The number of ether oxygens (including phenoxy) is 1. The minimum atomic E-state index is -4.65. The highest BCUT2D eigenvalue weighted by molar-refractivity contribution is 5.29. The summed E-state index contributed by atoms with van der Waals surface area (Å²) in [5.41, 5.74) is 6.76. The Hall–Kier alpha value is -1.27. The second kappa shape index (κ2) is 6.45. The van der Waals surface area contributed by atoms with Gasteiger partial charge in [-0.1, -0.05) is 18.6 Å². The molecule has 0 radical (unpaired) electrons. The van der Waals surface area contributed by atoms with E-state index in [1.807, 2.05) is 0 Å². The molecule has 1 aliphatic rings. The highest BCUT2D eigenvalue weighted by atomic mass is 19.4. The van der Waals surface area contributed by atoms with Gasteiger partial charge >= 0.3 is 6.36 Å². The van der Waals surface area contributed by atoms with Crippen molar-refractivity contribution >= 4 is 0 Å². The summed E-state index contributed by atoms with van der Waals surface area (Å²) in [4.78, 5) is 2.29. The van der Waals surface area contributed by atoms with Gasteiger partial charge in [-0.05, 0) is 43.6 Å². The Morgan fingerprint density at radius 3 is 2.20 bits per heavy atom. The van der Waals surface area contributed by atoms with Gasteiger partial charge in [0.15, 0.2) is 0 Å². The molecule has 1 aromatic carbocycles. The fraction of sp³-hybridized carbons (Fsp3) is 0.571. The molecule has 2 rings (SSSR count). The van der Waals surface area contributed by atoms with Gasteiger partial charge in [0.25, 0.3) is 0 Å². The third-order valence-electron chi connectivity index (χ3n) is 3.55. The van der Waals surface area contributed by atoms with Gasteiger partial charge in [-0.25, -0.2) is 0 Å². The lowest BCUT2D eigenvalue weighted by atomic mass is 10.0. The van der Waals surface area contributed by atoms with Crippen LogP contribution in [0.5, 0.6) is 5.75 Å². The van der Waals surface area contributed by atoms with E-state index in [-0.39, 0.29) is 11.8 Å². The first-order valence-corrected chi connectivity index (χ1v) is 6.79. The zero-order chi connectivity index (χ0) is 14.6. The largest absolute Gasteiger partial charge is 0.573 e. The van der Waals surface area contributed by atoms with Gasteiger partial charge in [-0.3, -0.25) is 4.90 Å². The molecule has 1 saturated heterocycles. The van der Waals surface area contributed by atoms with Crippen molar-refractivity contribution in [2.24, 2.45) is 5.73 Å². The number of hydrogen-bond acceptors (Lipinski definition) is 3. The number of likely N-dealkylation sites (tertiary alicyclic amines) is 1. The molecule has 6 heteroatoms. The summed E-state index contributed by atoms with van der Waals surface area (Å²) in [6.07, 6.45) is -1.13. The van der Waals surface area contributed by atoms with Crippen molar-refractivity contribution in [2.75, 3.05) is 19.6 Å². The van der Waals surface area contributed by atoms with Crippen LogP contribution in [0.4, 0.5) is 13.2 Å². The van der Waals surface area contributed by atoms with E-state index in [2.05, 4.69) is 9.64 Å². The van der Waals surface area contributed by atoms with E-state index in [9.17, 15) is 13.2 Å². The fourth-order valence-corrected chi connectivity index (χ4v) is 2.62. The van der Waals surface area contributed by atoms with Crippen LogP contribution in [0.1, 0.15) is 30.9 Å². The predicted molar refractivity (Wildman–Crippen MR) is 70.3 cm³/mol. The minimum Gasteiger partial charge on any atom is -0.406 e. The summed E-state index contributed by atoms with van der Waals surface area (Å²) in [7, 11) is 0. The molecule has 2 N–H and O–H groups in total. The number of rotatable bonds is 4. The Kier molecular flexibility index (Phi) is 4.88. The monoisotopic (exact) mass is 288 g/mol. The summed E-state index contributed by atoms with van der Waals surface area (Å²) in [5, 5.41) is 0. The third-order valence-corrected chi connectivity index (χ3v) is 3.55. The molecule has 0 spiro atoms. The summed E-state index contributed by atoms with van der Waals surface area (Å²) >= 11 is 0.